The van der Waals surface area contributed by atoms with E-state index in [4.69, 9.17) is 5.73 Å². The van der Waals surface area contributed by atoms with Gasteiger partial charge in [0.15, 0.2) is 0 Å². The van der Waals surface area contributed by atoms with Gasteiger partial charge in [0, 0.05) is 18.6 Å². The van der Waals surface area contributed by atoms with Crippen LogP contribution in [0, 0.1) is 5.92 Å². The van der Waals surface area contributed by atoms with Gasteiger partial charge in [0.1, 0.15) is 0 Å². The van der Waals surface area contributed by atoms with Crippen molar-refractivity contribution in [1.82, 2.24) is 4.90 Å². The van der Waals surface area contributed by atoms with Gasteiger partial charge in [0.25, 0.3) is 0 Å². The van der Waals surface area contributed by atoms with Gasteiger partial charge in [-0.2, -0.15) is 0 Å². The van der Waals surface area contributed by atoms with Crippen LogP contribution in [0.1, 0.15) is 41.0 Å². The Bertz CT molecular complexity index is 127. The second-order valence-electron chi connectivity index (χ2n) is 4.83. The summed E-state index contributed by atoms with van der Waals surface area (Å²) in [6.07, 6.45) is 1.25. The zero-order chi connectivity index (χ0) is 10.5. The topological polar surface area (TPSA) is 29.3 Å². The van der Waals surface area contributed by atoms with Crippen LogP contribution in [0.3, 0.4) is 0 Å². The Morgan fingerprint density at radius 2 is 1.85 bits per heavy atom. The molecule has 0 rings (SSSR count). The average molecular weight is 186 g/mol. The van der Waals surface area contributed by atoms with Crippen LogP contribution < -0.4 is 5.73 Å². The molecular formula is C11H26N2. The summed E-state index contributed by atoms with van der Waals surface area (Å²) in [5.41, 5.74) is 5.92. The Hall–Kier alpha value is -0.0800. The van der Waals surface area contributed by atoms with Crippen LogP contribution in [0.15, 0.2) is 0 Å². The molecule has 1 unspecified atom stereocenters. The zero-order valence-electron chi connectivity index (χ0n) is 9.93. The molecule has 1 atom stereocenters. The number of hydrogen-bond donors (Lipinski definition) is 1. The van der Waals surface area contributed by atoms with Crippen molar-refractivity contribution in [2.24, 2.45) is 11.7 Å². The SMILES string of the molecule is CCC(C)CN(CC)CC(C)(C)N. The molecule has 0 saturated carbocycles. The molecule has 80 valence electrons. The number of likely N-dealkylation sites (N-methyl/N-ethyl adjacent to an activating group) is 1. The van der Waals surface area contributed by atoms with Crippen molar-refractivity contribution < 1.29 is 0 Å². The Morgan fingerprint density at radius 3 is 2.15 bits per heavy atom. The van der Waals surface area contributed by atoms with Crippen molar-refractivity contribution in [2.45, 2.75) is 46.6 Å². The fraction of sp³-hybridized carbons (Fsp3) is 1.00. The highest BCUT2D eigenvalue weighted by atomic mass is 15.1. The number of nitrogens with zero attached hydrogens (tertiary/aromatic N) is 1. The lowest BCUT2D eigenvalue weighted by Gasteiger charge is -2.30. The molecule has 0 aromatic rings. The van der Waals surface area contributed by atoms with Crippen LogP contribution >= 0.6 is 0 Å². The lowest BCUT2D eigenvalue weighted by molar-refractivity contribution is 0.206. The van der Waals surface area contributed by atoms with E-state index >= 15 is 0 Å². The van der Waals surface area contributed by atoms with E-state index in [-0.39, 0.29) is 5.54 Å². The molecule has 0 fully saturated rings. The van der Waals surface area contributed by atoms with Crippen LogP contribution in [0.5, 0.6) is 0 Å². The third-order valence-electron chi connectivity index (χ3n) is 2.35. The standard InChI is InChI=1S/C11H26N2/c1-6-10(3)8-13(7-2)9-11(4,5)12/h10H,6-9,12H2,1-5H3. The van der Waals surface area contributed by atoms with E-state index in [1.54, 1.807) is 0 Å². The van der Waals surface area contributed by atoms with E-state index in [9.17, 15) is 0 Å². The predicted molar refractivity (Wildman–Crippen MR) is 59.8 cm³/mol. The molecule has 0 bridgehead atoms. The van der Waals surface area contributed by atoms with Crippen molar-refractivity contribution in [3.05, 3.63) is 0 Å². The maximum Gasteiger partial charge on any atom is 0.0226 e. The minimum Gasteiger partial charge on any atom is -0.324 e. The van der Waals surface area contributed by atoms with E-state index in [1.807, 2.05) is 0 Å². The van der Waals surface area contributed by atoms with Crippen LogP contribution in [0.2, 0.25) is 0 Å². The van der Waals surface area contributed by atoms with Gasteiger partial charge in [-0.05, 0) is 26.3 Å². The number of nitrogens with two attached hydrogens (primary N) is 1. The lowest BCUT2D eigenvalue weighted by Crippen LogP contribution is -2.46. The lowest BCUT2D eigenvalue weighted by atomic mass is 10.0. The third-order valence-corrected chi connectivity index (χ3v) is 2.35. The van der Waals surface area contributed by atoms with E-state index in [2.05, 4.69) is 39.5 Å². The fourth-order valence-corrected chi connectivity index (χ4v) is 1.45. The van der Waals surface area contributed by atoms with Crippen LogP contribution in [-0.4, -0.2) is 30.1 Å². The molecule has 2 nitrogen and oxygen atoms in total. The minimum atomic E-state index is -0.0660. The average Bonchev–Trinajstić information content (AvgIpc) is 2.00. The van der Waals surface area contributed by atoms with Gasteiger partial charge in [0.05, 0.1) is 0 Å². The second-order valence-corrected chi connectivity index (χ2v) is 4.83. The summed E-state index contributed by atoms with van der Waals surface area (Å²) in [6, 6.07) is 0. The molecule has 0 aromatic heterocycles. The normalized spacial score (nSPS) is 15.0. The highest BCUT2D eigenvalue weighted by Gasteiger charge is 2.16. The quantitative estimate of drug-likeness (QED) is 0.688. The van der Waals surface area contributed by atoms with Crippen molar-refractivity contribution >= 4 is 0 Å². The maximum atomic E-state index is 5.99. The van der Waals surface area contributed by atoms with Gasteiger partial charge in [0.2, 0.25) is 0 Å². The molecule has 0 radical (unpaired) electrons. The highest BCUT2D eigenvalue weighted by molar-refractivity contribution is 4.77. The largest absolute Gasteiger partial charge is 0.324 e. The molecule has 13 heavy (non-hydrogen) atoms. The smallest absolute Gasteiger partial charge is 0.0226 e. The summed E-state index contributed by atoms with van der Waals surface area (Å²) in [5, 5.41) is 0. The summed E-state index contributed by atoms with van der Waals surface area (Å²) >= 11 is 0. The van der Waals surface area contributed by atoms with Crippen molar-refractivity contribution in [3.8, 4) is 0 Å². The van der Waals surface area contributed by atoms with E-state index < -0.39 is 0 Å². The molecule has 0 aliphatic heterocycles. The summed E-state index contributed by atoms with van der Waals surface area (Å²) in [7, 11) is 0. The van der Waals surface area contributed by atoms with Crippen molar-refractivity contribution in [3.63, 3.8) is 0 Å². The monoisotopic (exact) mass is 186 g/mol. The predicted octanol–water partition coefficient (Wildman–Crippen LogP) is 2.09. The first-order valence-electron chi connectivity index (χ1n) is 5.40. The molecule has 0 aliphatic carbocycles. The zero-order valence-corrected chi connectivity index (χ0v) is 9.93. The Balaban J connectivity index is 3.89. The third kappa shape index (κ3) is 7.03. The molecule has 0 heterocycles. The molecule has 0 saturated heterocycles. The first-order chi connectivity index (χ1) is 5.89. The summed E-state index contributed by atoms with van der Waals surface area (Å²) in [6.45, 7) is 14.2. The molecule has 0 amide bonds. The van der Waals surface area contributed by atoms with E-state index in [0.717, 1.165) is 19.0 Å². The van der Waals surface area contributed by atoms with E-state index in [1.165, 1.54) is 13.0 Å². The molecule has 2 heteroatoms. The Labute approximate surface area is 83.5 Å². The van der Waals surface area contributed by atoms with Gasteiger partial charge < -0.3 is 10.6 Å². The molecular weight excluding hydrogens is 160 g/mol. The van der Waals surface area contributed by atoms with E-state index in [0.29, 0.717) is 0 Å². The maximum absolute atomic E-state index is 5.99. The molecule has 0 aliphatic rings. The van der Waals surface area contributed by atoms with Crippen LogP contribution in [0.25, 0.3) is 0 Å². The Kier molecular flexibility index (Phi) is 5.57. The molecule has 0 aromatic carbocycles. The summed E-state index contributed by atoms with van der Waals surface area (Å²) in [4.78, 5) is 2.44. The highest BCUT2D eigenvalue weighted by Crippen LogP contribution is 2.07. The number of hydrogen-bond acceptors (Lipinski definition) is 2. The summed E-state index contributed by atoms with van der Waals surface area (Å²) < 4.78 is 0. The van der Waals surface area contributed by atoms with Gasteiger partial charge in [-0.3, -0.25) is 0 Å². The molecule has 0 spiro atoms. The summed E-state index contributed by atoms with van der Waals surface area (Å²) in [5.74, 6) is 0.780. The van der Waals surface area contributed by atoms with Gasteiger partial charge in [-0.25, -0.2) is 0 Å². The number of rotatable bonds is 6. The van der Waals surface area contributed by atoms with Gasteiger partial charge in [-0.15, -0.1) is 0 Å². The van der Waals surface area contributed by atoms with Gasteiger partial charge in [-0.1, -0.05) is 27.2 Å². The minimum absolute atomic E-state index is 0.0660. The molecule has 2 N–H and O–H groups in total. The second kappa shape index (κ2) is 5.61. The van der Waals surface area contributed by atoms with Crippen LogP contribution in [-0.2, 0) is 0 Å². The Morgan fingerprint density at radius 1 is 1.31 bits per heavy atom. The van der Waals surface area contributed by atoms with Gasteiger partial charge >= 0.3 is 0 Å². The first-order valence-corrected chi connectivity index (χ1v) is 5.40. The van der Waals surface area contributed by atoms with Crippen LogP contribution in [0.4, 0.5) is 0 Å². The first kappa shape index (κ1) is 12.9. The van der Waals surface area contributed by atoms with Crippen molar-refractivity contribution in [2.75, 3.05) is 19.6 Å². The van der Waals surface area contributed by atoms with Crippen molar-refractivity contribution in [1.29, 1.82) is 0 Å². The fourth-order valence-electron chi connectivity index (χ4n) is 1.45.